The number of hydrogen-bond acceptors (Lipinski definition) is 4. The molecule has 90 valence electrons. The average molecular weight is 276 g/mol. The lowest BCUT2D eigenvalue weighted by Crippen LogP contribution is -2.04. The molecule has 0 N–H and O–H groups in total. The van der Waals surface area contributed by atoms with Crippen LogP contribution in [0.2, 0.25) is 10.0 Å². The predicted molar refractivity (Wildman–Crippen MR) is 63.6 cm³/mol. The monoisotopic (exact) mass is 275 g/mol. The SMILES string of the molecule is C/C=C/C(=O)Oc1c(Cl)cc([N+](=O)[O-])cc1Cl. The van der Waals surface area contributed by atoms with E-state index in [1.807, 2.05) is 0 Å². The van der Waals surface area contributed by atoms with E-state index >= 15 is 0 Å². The van der Waals surface area contributed by atoms with E-state index in [4.69, 9.17) is 27.9 Å². The lowest BCUT2D eigenvalue weighted by Gasteiger charge is -2.05. The van der Waals surface area contributed by atoms with Gasteiger partial charge in [0.1, 0.15) is 0 Å². The maximum absolute atomic E-state index is 11.2. The number of hydrogen-bond donors (Lipinski definition) is 0. The highest BCUT2D eigenvalue weighted by Gasteiger charge is 2.17. The normalized spacial score (nSPS) is 10.5. The highest BCUT2D eigenvalue weighted by Crippen LogP contribution is 2.36. The third kappa shape index (κ3) is 3.44. The molecule has 17 heavy (non-hydrogen) atoms. The van der Waals surface area contributed by atoms with Crippen LogP contribution in [0.15, 0.2) is 24.3 Å². The van der Waals surface area contributed by atoms with Crippen LogP contribution in [0.1, 0.15) is 6.92 Å². The minimum Gasteiger partial charge on any atom is -0.420 e. The van der Waals surface area contributed by atoms with Gasteiger partial charge < -0.3 is 4.74 Å². The zero-order valence-electron chi connectivity index (χ0n) is 8.65. The van der Waals surface area contributed by atoms with Crippen molar-refractivity contribution < 1.29 is 14.5 Å². The second kappa shape index (κ2) is 5.65. The van der Waals surface area contributed by atoms with E-state index in [-0.39, 0.29) is 21.5 Å². The molecule has 0 atom stereocenters. The summed E-state index contributed by atoms with van der Waals surface area (Å²) in [4.78, 5) is 21.0. The van der Waals surface area contributed by atoms with Crippen LogP contribution in [0.3, 0.4) is 0 Å². The summed E-state index contributed by atoms with van der Waals surface area (Å²) < 4.78 is 4.84. The number of esters is 1. The summed E-state index contributed by atoms with van der Waals surface area (Å²) >= 11 is 11.5. The number of ether oxygens (including phenoxy) is 1. The molecule has 5 nitrogen and oxygen atoms in total. The highest BCUT2D eigenvalue weighted by molar-refractivity contribution is 6.37. The molecule has 0 heterocycles. The van der Waals surface area contributed by atoms with Crippen molar-refractivity contribution >= 4 is 34.9 Å². The van der Waals surface area contributed by atoms with Crippen molar-refractivity contribution in [3.05, 3.63) is 44.4 Å². The summed E-state index contributed by atoms with van der Waals surface area (Å²) in [7, 11) is 0. The number of carbonyl (C=O) groups excluding carboxylic acids is 1. The van der Waals surface area contributed by atoms with Gasteiger partial charge in [0.25, 0.3) is 5.69 Å². The first-order valence-corrected chi connectivity index (χ1v) is 5.19. The Morgan fingerprint density at radius 3 is 2.35 bits per heavy atom. The van der Waals surface area contributed by atoms with E-state index in [9.17, 15) is 14.9 Å². The second-order valence-electron chi connectivity index (χ2n) is 2.92. The summed E-state index contributed by atoms with van der Waals surface area (Å²) in [6.07, 6.45) is 2.66. The summed E-state index contributed by atoms with van der Waals surface area (Å²) in [5, 5.41) is 10.3. The third-order valence-electron chi connectivity index (χ3n) is 1.70. The zero-order chi connectivity index (χ0) is 13.0. The van der Waals surface area contributed by atoms with E-state index in [1.165, 1.54) is 12.2 Å². The first kappa shape index (κ1) is 13.5. The van der Waals surface area contributed by atoms with Gasteiger partial charge in [-0.05, 0) is 6.92 Å². The molecule has 0 aliphatic rings. The minimum absolute atomic E-state index is 0.0953. The Morgan fingerprint density at radius 1 is 1.41 bits per heavy atom. The molecule has 0 radical (unpaired) electrons. The molecule has 0 aromatic heterocycles. The lowest BCUT2D eigenvalue weighted by atomic mass is 10.3. The van der Waals surface area contributed by atoms with E-state index in [1.54, 1.807) is 6.92 Å². The first-order chi connectivity index (χ1) is 7.95. The van der Waals surface area contributed by atoms with Gasteiger partial charge in [0.15, 0.2) is 5.75 Å². The molecule has 0 saturated carbocycles. The van der Waals surface area contributed by atoms with Gasteiger partial charge in [-0.15, -0.1) is 0 Å². The first-order valence-electron chi connectivity index (χ1n) is 4.43. The van der Waals surface area contributed by atoms with Crippen molar-refractivity contribution in [2.24, 2.45) is 0 Å². The van der Waals surface area contributed by atoms with Gasteiger partial charge in [0, 0.05) is 18.2 Å². The number of carbonyl (C=O) groups is 1. The lowest BCUT2D eigenvalue weighted by molar-refractivity contribution is -0.384. The topological polar surface area (TPSA) is 69.4 Å². The van der Waals surface area contributed by atoms with Gasteiger partial charge in [-0.25, -0.2) is 4.79 Å². The molecular formula is C10H7Cl2NO4. The largest absolute Gasteiger partial charge is 0.420 e. The number of nitro groups is 1. The summed E-state index contributed by atoms with van der Waals surface area (Å²) in [5.74, 6) is -0.757. The van der Waals surface area contributed by atoms with Crippen LogP contribution in [0, 0.1) is 10.1 Å². The van der Waals surface area contributed by atoms with Gasteiger partial charge in [0.2, 0.25) is 0 Å². The van der Waals surface area contributed by atoms with E-state index in [0.29, 0.717) is 0 Å². The number of nitro benzene ring substituents is 1. The highest BCUT2D eigenvalue weighted by atomic mass is 35.5. The van der Waals surface area contributed by atoms with Crippen LogP contribution >= 0.6 is 23.2 Å². The second-order valence-corrected chi connectivity index (χ2v) is 3.73. The fourth-order valence-corrected chi connectivity index (χ4v) is 1.57. The summed E-state index contributed by atoms with van der Waals surface area (Å²) in [6, 6.07) is 2.12. The standard InChI is InChI=1S/C10H7Cl2NO4/c1-2-3-9(14)17-10-7(11)4-6(13(15)16)5-8(10)12/h2-5H,1H3/b3-2+. The van der Waals surface area contributed by atoms with Crippen LogP contribution < -0.4 is 4.74 Å². The molecule has 0 spiro atoms. The third-order valence-corrected chi connectivity index (χ3v) is 2.26. The Hall–Kier alpha value is -1.59. The molecule has 0 fully saturated rings. The number of allylic oxidation sites excluding steroid dienone is 1. The fourth-order valence-electron chi connectivity index (χ4n) is 1.02. The quantitative estimate of drug-likeness (QED) is 0.279. The van der Waals surface area contributed by atoms with Crippen molar-refractivity contribution in [1.82, 2.24) is 0 Å². The van der Waals surface area contributed by atoms with Crippen LogP contribution in [0.4, 0.5) is 5.69 Å². The average Bonchev–Trinajstić information content (AvgIpc) is 2.23. The maximum Gasteiger partial charge on any atom is 0.335 e. The van der Waals surface area contributed by atoms with Crippen molar-refractivity contribution in [3.8, 4) is 5.75 Å². The molecule has 1 rings (SSSR count). The number of nitrogens with zero attached hydrogens (tertiary/aromatic N) is 1. The summed E-state index contributed by atoms with van der Waals surface area (Å²) in [5.41, 5.74) is -0.272. The molecule has 0 saturated heterocycles. The molecule has 0 amide bonds. The zero-order valence-corrected chi connectivity index (χ0v) is 10.2. The van der Waals surface area contributed by atoms with E-state index < -0.39 is 10.9 Å². The number of halogens is 2. The summed E-state index contributed by atoms with van der Waals surface area (Å²) in [6.45, 7) is 1.64. The van der Waals surface area contributed by atoms with Crippen molar-refractivity contribution in [3.63, 3.8) is 0 Å². The van der Waals surface area contributed by atoms with Crippen molar-refractivity contribution in [2.45, 2.75) is 6.92 Å². The fraction of sp³-hybridized carbons (Fsp3) is 0.100. The number of rotatable bonds is 3. The van der Waals surface area contributed by atoms with Crippen molar-refractivity contribution in [1.29, 1.82) is 0 Å². The minimum atomic E-state index is -0.662. The molecular weight excluding hydrogens is 269 g/mol. The van der Waals surface area contributed by atoms with Crippen LogP contribution in [0.5, 0.6) is 5.75 Å². The van der Waals surface area contributed by atoms with Crippen molar-refractivity contribution in [2.75, 3.05) is 0 Å². The van der Waals surface area contributed by atoms with Gasteiger partial charge in [-0.2, -0.15) is 0 Å². The molecule has 0 aliphatic heterocycles. The smallest absolute Gasteiger partial charge is 0.335 e. The Kier molecular flexibility index (Phi) is 4.48. The molecule has 1 aromatic carbocycles. The molecule has 0 bridgehead atoms. The molecule has 0 aliphatic carbocycles. The number of non-ortho nitro benzene ring substituents is 1. The van der Waals surface area contributed by atoms with Gasteiger partial charge in [0.05, 0.1) is 15.0 Å². The number of benzene rings is 1. The molecule has 7 heteroatoms. The Morgan fingerprint density at radius 2 is 1.94 bits per heavy atom. The molecule has 0 unspecified atom stereocenters. The Labute approximate surface area is 107 Å². The van der Waals surface area contributed by atoms with Crippen LogP contribution in [0.25, 0.3) is 0 Å². The van der Waals surface area contributed by atoms with Gasteiger partial charge in [-0.3, -0.25) is 10.1 Å². The Bertz CT molecular complexity index is 476. The molecule has 1 aromatic rings. The predicted octanol–water partition coefficient (Wildman–Crippen LogP) is 3.38. The Balaban J connectivity index is 3.10. The van der Waals surface area contributed by atoms with Crippen LogP contribution in [-0.4, -0.2) is 10.9 Å². The maximum atomic E-state index is 11.2. The van der Waals surface area contributed by atoms with E-state index in [0.717, 1.165) is 12.1 Å². The van der Waals surface area contributed by atoms with E-state index in [2.05, 4.69) is 0 Å². The van der Waals surface area contributed by atoms with Gasteiger partial charge >= 0.3 is 5.97 Å². The van der Waals surface area contributed by atoms with Crippen LogP contribution in [-0.2, 0) is 4.79 Å². The van der Waals surface area contributed by atoms with Gasteiger partial charge in [-0.1, -0.05) is 29.3 Å².